The lowest BCUT2D eigenvalue weighted by molar-refractivity contribution is -0.115. The minimum atomic E-state index is -0.223. The molecule has 1 fully saturated rings. The molecule has 0 bridgehead atoms. The van der Waals surface area contributed by atoms with E-state index < -0.39 is 0 Å². The van der Waals surface area contributed by atoms with Crippen LogP contribution in [0.5, 0.6) is 11.5 Å². The highest BCUT2D eigenvalue weighted by molar-refractivity contribution is 8.00. The summed E-state index contributed by atoms with van der Waals surface area (Å²) in [6.45, 7) is 2.53. The van der Waals surface area contributed by atoms with E-state index in [1.54, 1.807) is 48.0 Å². The van der Waals surface area contributed by atoms with Gasteiger partial charge < -0.3 is 14.8 Å². The normalized spacial score (nSPS) is 15.5. The molecule has 164 valence electrons. The van der Waals surface area contributed by atoms with Gasteiger partial charge in [0.25, 0.3) is 5.91 Å². The van der Waals surface area contributed by atoms with Crippen LogP contribution in [0.3, 0.4) is 0 Å². The van der Waals surface area contributed by atoms with Crippen molar-refractivity contribution in [2.24, 2.45) is 0 Å². The van der Waals surface area contributed by atoms with Crippen molar-refractivity contribution in [2.45, 2.75) is 12.3 Å². The van der Waals surface area contributed by atoms with Crippen molar-refractivity contribution >= 4 is 35.0 Å². The summed E-state index contributed by atoms with van der Waals surface area (Å²) < 4.78 is 10.7. The summed E-state index contributed by atoms with van der Waals surface area (Å²) >= 11 is 1.57. The standard InChI is InChI=1S/C25H24N2O4S/c1-3-31-21-12-10-20(11-13-21)27-23(28)16-32-25(27)18-7-4-8-19(14-18)26-24(29)17-6-5-9-22(15-17)30-2/h4-15,25H,3,16H2,1-2H3,(H,26,29). The third-order valence-corrected chi connectivity index (χ3v) is 6.27. The number of hydrogen-bond acceptors (Lipinski definition) is 5. The van der Waals surface area contributed by atoms with Gasteiger partial charge in [-0.05, 0) is 67.1 Å². The number of nitrogens with one attached hydrogen (secondary N) is 1. The monoisotopic (exact) mass is 448 g/mol. The second kappa shape index (κ2) is 9.78. The number of hydrogen-bond donors (Lipinski definition) is 1. The quantitative estimate of drug-likeness (QED) is 0.543. The number of thioether (sulfide) groups is 1. The molecule has 2 amide bonds. The number of benzene rings is 3. The fraction of sp³-hybridized carbons (Fsp3) is 0.200. The van der Waals surface area contributed by atoms with Crippen LogP contribution in [0.4, 0.5) is 11.4 Å². The number of anilines is 2. The van der Waals surface area contributed by atoms with E-state index in [9.17, 15) is 9.59 Å². The lowest BCUT2D eigenvalue weighted by atomic mass is 10.1. The number of ether oxygens (including phenoxy) is 2. The summed E-state index contributed by atoms with van der Waals surface area (Å²) in [5.74, 6) is 1.63. The summed E-state index contributed by atoms with van der Waals surface area (Å²) in [7, 11) is 1.57. The summed E-state index contributed by atoms with van der Waals surface area (Å²) in [4.78, 5) is 27.2. The first kappa shape index (κ1) is 21.8. The molecular formula is C25H24N2O4S. The Kier molecular flexibility index (Phi) is 6.66. The van der Waals surface area contributed by atoms with E-state index in [1.165, 1.54) is 0 Å². The highest BCUT2D eigenvalue weighted by atomic mass is 32.2. The molecule has 0 aromatic heterocycles. The lowest BCUT2D eigenvalue weighted by Gasteiger charge is -2.25. The smallest absolute Gasteiger partial charge is 0.255 e. The Balaban J connectivity index is 1.54. The zero-order chi connectivity index (χ0) is 22.5. The van der Waals surface area contributed by atoms with Gasteiger partial charge in [0.2, 0.25) is 5.91 Å². The van der Waals surface area contributed by atoms with E-state index >= 15 is 0 Å². The van der Waals surface area contributed by atoms with Gasteiger partial charge in [-0.25, -0.2) is 0 Å². The summed E-state index contributed by atoms with van der Waals surface area (Å²) in [6, 6.07) is 22.1. The Hall–Kier alpha value is -3.45. The van der Waals surface area contributed by atoms with Gasteiger partial charge in [-0.15, -0.1) is 11.8 Å². The van der Waals surface area contributed by atoms with Crippen LogP contribution in [0.2, 0.25) is 0 Å². The Morgan fingerprint density at radius 2 is 1.84 bits per heavy atom. The van der Waals surface area contributed by atoms with Crippen LogP contribution < -0.4 is 19.7 Å². The maximum absolute atomic E-state index is 12.7. The second-order valence-electron chi connectivity index (χ2n) is 7.17. The molecule has 0 spiro atoms. The van der Waals surface area contributed by atoms with E-state index in [0.717, 1.165) is 17.0 Å². The number of rotatable bonds is 7. The first-order valence-electron chi connectivity index (χ1n) is 10.3. The molecule has 6 nitrogen and oxygen atoms in total. The molecule has 0 radical (unpaired) electrons. The van der Waals surface area contributed by atoms with Crippen LogP contribution >= 0.6 is 11.8 Å². The SMILES string of the molecule is CCOc1ccc(N2C(=O)CSC2c2cccc(NC(=O)c3cccc(OC)c3)c2)cc1. The molecule has 1 N–H and O–H groups in total. The van der Waals surface area contributed by atoms with Crippen molar-refractivity contribution in [3.63, 3.8) is 0 Å². The molecule has 1 aliphatic heterocycles. The van der Waals surface area contributed by atoms with E-state index in [4.69, 9.17) is 9.47 Å². The van der Waals surface area contributed by atoms with E-state index in [2.05, 4.69) is 5.32 Å². The molecule has 1 heterocycles. The van der Waals surface area contributed by atoms with Crippen LogP contribution in [-0.2, 0) is 4.79 Å². The van der Waals surface area contributed by atoms with E-state index in [-0.39, 0.29) is 17.2 Å². The number of nitrogens with zero attached hydrogens (tertiary/aromatic N) is 1. The Bertz CT molecular complexity index is 1120. The van der Waals surface area contributed by atoms with E-state index in [0.29, 0.717) is 29.4 Å². The molecule has 1 saturated heterocycles. The maximum Gasteiger partial charge on any atom is 0.255 e. The number of amides is 2. The van der Waals surface area contributed by atoms with Gasteiger partial charge in [-0.3, -0.25) is 14.5 Å². The van der Waals surface area contributed by atoms with Crippen LogP contribution in [-0.4, -0.2) is 31.3 Å². The highest BCUT2D eigenvalue weighted by Gasteiger charge is 2.34. The first-order valence-corrected chi connectivity index (χ1v) is 11.4. The zero-order valence-corrected chi connectivity index (χ0v) is 18.7. The molecule has 1 aliphatic rings. The van der Waals surface area contributed by atoms with Crippen molar-refractivity contribution in [3.8, 4) is 11.5 Å². The van der Waals surface area contributed by atoms with Crippen molar-refractivity contribution in [2.75, 3.05) is 29.7 Å². The fourth-order valence-electron chi connectivity index (χ4n) is 3.56. The Morgan fingerprint density at radius 1 is 1.06 bits per heavy atom. The summed E-state index contributed by atoms with van der Waals surface area (Å²) in [5, 5.41) is 2.76. The molecular weight excluding hydrogens is 424 g/mol. The molecule has 1 unspecified atom stereocenters. The first-order chi connectivity index (χ1) is 15.6. The second-order valence-corrected chi connectivity index (χ2v) is 8.23. The van der Waals surface area contributed by atoms with Crippen LogP contribution in [0, 0.1) is 0 Å². The molecule has 4 rings (SSSR count). The molecule has 7 heteroatoms. The van der Waals surface area contributed by atoms with Gasteiger partial charge in [0.15, 0.2) is 0 Å². The summed E-state index contributed by atoms with van der Waals surface area (Å²) in [6.07, 6.45) is 0. The minimum Gasteiger partial charge on any atom is -0.497 e. The molecule has 3 aromatic rings. The predicted molar refractivity (Wildman–Crippen MR) is 128 cm³/mol. The van der Waals surface area contributed by atoms with Gasteiger partial charge in [0.05, 0.1) is 19.5 Å². The molecule has 0 saturated carbocycles. The fourth-order valence-corrected chi connectivity index (χ4v) is 4.72. The third kappa shape index (κ3) is 4.73. The molecule has 0 aliphatic carbocycles. The number of carbonyl (C=O) groups is 2. The van der Waals surface area contributed by atoms with Crippen LogP contribution in [0.15, 0.2) is 72.8 Å². The molecule has 32 heavy (non-hydrogen) atoms. The van der Waals surface area contributed by atoms with Gasteiger partial charge in [0, 0.05) is 16.9 Å². The largest absolute Gasteiger partial charge is 0.497 e. The Labute approximate surface area is 191 Å². The van der Waals surface area contributed by atoms with Crippen molar-refractivity contribution in [1.82, 2.24) is 0 Å². The highest BCUT2D eigenvalue weighted by Crippen LogP contribution is 2.42. The lowest BCUT2D eigenvalue weighted by Crippen LogP contribution is -2.27. The van der Waals surface area contributed by atoms with Crippen molar-refractivity contribution in [1.29, 1.82) is 0 Å². The number of carbonyl (C=O) groups excluding carboxylic acids is 2. The maximum atomic E-state index is 12.7. The van der Waals surface area contributed by atoms with Crippen LogP contribution in [0.25, 0.3) is 0 Å². The average molecular weight is 449 g/mol. The predicted octanol–water partition coefficient (Wildman–Crippen LogP) is 5.12. The molecule has 3 aromatic carbocycles. The molecule has 1 atom stereocenters. The zero-order valence-electron chi connectivity index (χ0n) is 17.9. The third-order valence-electron chi connectivity index (χ3n) is 5.06. The minimum absolute atomic E-state index is 0.0509. The average Bonchev–Trinajstić information content (AvgIpc) is 3.21. The van der Waals surface area contributed by atoms with Gasteiger partial charge in [0.1, 0.15) is 16.9 Å². The topological polar surface area (TPSA) is 67.9 Å². The van der Waals surface area contributed by atoms with Crippen LogP contribution in [0.1, 0.15) is 28.2 Å². The van der Waals surface area contributed by atoms with Gasteiger partial charge in [-0.1, -0.05) is 18.2 Å². The number of methoxy groups -OCH3 is 1. The van der Waals surface area contributed by atoms with Crippen molar-refractivity contribution < 1.29 is 19.1 Å². The van der Waals surface area contributed by atoms with Crippen molar-refractivity contribution in [3.05, 3.63) is 83.9 Å². The van der Waals surface area contributed by atoms with Gasteiger partial charge in [-0.2, -0.15) is 0 Å². The summed E-state index contributed by atoms with van der Waals surface area (Å²) in [5.41, 5.74) is 2.94. The Morgan fingerprint density at radius 3 is 2.59 bits per heavy atom. The van der Waals surface area contributed by atoms with Gasteiger partial charge >= 0.3 is 0 Å². The van der Waals surface area contributed by atoms with E-state index in [1.807, 2.05) is 55.5 Å².